The normalized spacial score (nSPS) is 20.2. The lowest BCUT2D eigenvalue weighted by Crippen LogP contribution is -2.36. The summed E-state index contributed by atoms with van der Waals surface area (Å²) in [6, 6.07) is 0.426. The number of aromatic nitrogens is 2. The van der Waals surface area contributed by atoms with E-state index in [9.17, 15) is 4.79 Å². The Morgan fingerprint density at radius 1 is 1.25 bits per heavy atom. The van der Waals surface area contributed by atoms with E-state index in [1.807, 2.05) is 21.0 Å². The Labute approximate surface area is 170 Å². The Kier molecular flexibility index (Phi) is 7.91. The van der Waals surface area contributed by atoms with Crippen molar-refractivity contribution in [3.05, 3.63) is 17.0 Å². The standard InChI is InChI=1S/C22H38N4O2/c1-4-28-14-8-13-23-18-11-12-20-19(15-18)21(22(27)25(2)3)24-26(20)16-17-9-6-5-7-10-17/h17-18,23H,4-16H2,1-3H3/t18-/m0/s1. The molecule has 158 valence electrons. The third kappa shape index (κ3) is 5.35. The minimum Gasteiger partial charge on any atom is -0.382 e. The van der Waals surface area contributed by atoms with Crippen molar-refractivity contribution in [2.24, 2.45) is 5.92 Å². The van der Waals surface area contributed by atoms with Gasteiger partial charge in [0.2, 0.25) is 0 Å². The first-order chi connectivity index (χ1) is 13.6. The van der Waals surface area contributed by atoms with Crippen molar-refractivity contribution in [3.63, 3.8) is 0 Å². The van der Waals surface area contributed by atoms with E-state index < -0.39 is 0 Å². The van der Waals surface area contributed by atoms with Crippen molar-refractivity contribution in [1.82, 2.24) is 20.0 Å². The number of fused-ring (bicyclic) bond motifs is 1. The molecule has 0 radical (unpaired) electrons. The first kappa shape index (κ1) is 21.3. The fourth-order valence-corrected chi connectivity index (χ4v) is 4.64. The van der Waals surface area contributed by atoms with Crippen LogP contribution in [0.5, 0.6) is 0 Å². The SMILES string of the molecule is CCOCCCN[C@H]1CCc2c(c(C(=O)N(C)C)nn2CC2CCCCC2)C1. The molecule has 1 aromatic heterocycles. The Morgan fingerprint density at radius 2 is 2.04 bits per heavy atom. The van der Waals surface area contributed by atoms with Gasteiger partial charge in [0.05, 0.1) is 0 Å². The minimum atomic E-state index is 0.0376. The molecule has 1 atom stereocenters. The highest BCUT2D eigenvalue weighted by molar-refractivity contribution is 5.93. The van der Waals surface area contributed by atoms with E-state index >= 15 is 0 Å². The van der Waals surface area contributed by atoms with Crippen LogP contribution in [0.2, 0.25) is 0 Å². The maximum Gasteiger partial charge on any atom is 0.274 e. The fraction of sp³-hybridized carbons (Fsp3) is 0.818. The Bertz CT molecular complexity index is 635. The van der Waals surface area contributed by atoms with E-state index in [1.54, 1.807) is 4.90 Å². The zero-order valence-electron chi connectivity index (χ0n) is 18.0. The van der Waals surface area contributed by atoms with Crippen LogP contribution >= 0.6 is 0 Å². The highest BCUT2D eigenvalue weighted by Gasteiger charge is 2.30. The molecule has 3 rings (SSSR count). The molecular formula is C22H38N4O2. The van der Waals surface area contributed by atoms with Gasteiger partial charge >= 0.3 is 0 Å². The van der Waals surface area contributed by atoms with Crippen LogP contribution in [0.25, 0.3) is 0 Å². The van der Waals surface area contributed by atoms with E-state index in [-0.39, 0.29) is 5.91 Å². The maximum atomic E-state index is 12.8. The van der Waals surface area contributed by atoms with Crippen LogP contribution in [0.1, 0.15) is 73.6 Å². The second-order valence-corrected chi connectivity index (χ2v) is 8.60. The van der Waals surface area contributed by atoms with E-state index in [1.165, 1.54) is 43.4 Å². The van der Waals surface area contributed by atoms with Crippen LogP contribution in [-0.4, -0.2) is 60.5 Å². The summed E-state index contributed by atoms with van der Waals surface area (Å²) in [5.74, 6) is 0.755. The topological polar surface area (TPSA) is 59.4 Å². The average Bonchev–Trinajstić information content (AvgIpc) is 3.05. The van der Waals surface area contributed by atoms with Crippen molar-refractivity contribution in [3.8, 4) is 0 Å². The molecule has 2 aliphatic carbocycles. The number of hydrogen-bond acceptors (Lipinski definition) is 4. The van der Waals surface area contributed by atoms with Crippen LogP contribution in [-0.2, 0) is 24.1 Å². The third-order valence-electron chi connectivity index (χ3n) is 6.21. The molecule has 2 aliphatic rings. The van der Waals surface area contributed by atoms with E-state index in [0.717, 1.165) is 57.9 Å². The fourth-order valence-electron chi connectivity index (χ4n) is 4.64. The molecule has 6 heteroatoms. The van der Waals surface area contributed by atoms with Gasteiger partial charge in [-0.15, -0.1) is 0 Å². The number of rotatable bonds is 9. The molecule has 0 aliphatic heterocycles. The summed E-state index contributed by atoms with van der Waals surface area (Å²) < 4.78 is 7.62. The molecule has 1 saturated carbocycles. The highest BCUT2D eigenvalue weighted by Crippen LogP contribution is 2.29. The number of carbonyl (C=O) groups is 1. The summed E-state index contributed by atoms with van der Waals surface area (Å²) in [5.41, 5.74) is 3.17. The van der Waals surface area contributed by atoms with Crippen LogP contribution < -0.4 is 5.32 Å². The number of ether oxygens (including phenoxy) is 1. The van der Waals surface area contributed by atoms with Gasteiger partial charge in [-0.3, -0.25) is 9.48 Å². The maximum absolute atomic E-state index is 12.8. The summed E-state index contributed by atoms with van der Waals surface area (Å²) in [7, 11) is 3.64. The van der Waals surface area contributed by atoms with Crippen molar-refractivity contribution in [1.29, 1.82) is 0 Å². The van der Waals surface area contributed by atoms with Crippen LogP contribution in [0.15, 0.2) is 0 Å². The summed E-state index contributed by atoms with van der Waals surface area (Å²) in [6.45, 7) is 5.57. The average molecular weight is 391 g/mol. The highest BCUT2D eigenvalue weighted by atomic mass is 16.5. The van der Waals surface area contributed by atoms with Gasteiger partial charge in [-0.25, -0.2) is 0 Å². The van der Waals surface area contributed by atoms with Crippen LogP contribution in [0.4, 0.5) is 0 Å². The molecule has 1 fully saturated rings. The largest absolute Gasteiger partial charge is 0.382 e. The Hall–Kier alpha value is -1.40. The van der Waals surface area contributed by atoms with Crippen LogP contribution in [0, 0.1) is 5.92 Å². The lowest BCUT2D eigenvalue weighted by Gasteiger charge is -2.26. The molecule has 1 amide bonds. The number of nitrogens with zero attached hydrogens (tertiary/aromatic N) is 3. The van der Waals surface area contributed by atoms with Crippen molar-refractivity contribution in [2.45, 2.75) is 77.3 Å². The van der Waals surface area contributed by atoms with Gasteiger partial charge in [0.25, 0.3) is 5.91 Å². The molecule has 1 aromatic rings. The van der Waals surface area contributed by atoms with Crippen molar-refractivity contribution in [2.75, 3.05) is 33.9 Å². The van der Waals surface area contributed by atoms with E-state index in [0.29, 0.717) is 11.7 Å². The quantitative estimate of drug-likeness (QED) is 0.659. The lowest BCUT2D eigenvalue weighted by molar-refractivity contribution is 0.0819. The van der Waals surface area contributed by atoms with Gasteiger partial charge in [0.1, 0.15) is 0 Å². The van der Waals surface area contributed by atoms with E-state index in [4.69, 9.17) is 9.84 Å². The van der Waals surface area contributed by atoms with Gasteiger partial charge in [-0.1, -0.05) is 19.3 Å². The molecule has 6 nitrogen and oxygen atoms in total. The molecule has 0 unspecified atom stereocenters. The van der Waals surface area contributed by atoms with Gasteiger partial charge in [0, 0.05) is 51.2 Å². The zero-order valence-corrected chi connectivity index (χ0v) is 18.0. The number of carbonyl (C=O) groups excluding carboxylic acids is 1. The Balaban J connectivity index is 1.70. The van der Waals surface area contributed by atoms with Gasteiger partial charge < -0.3 is 15.0 Å². The van der Waals surface area contributed by atoms with Gasteiger partial charge in [0.15, 0.2) is 5.69 Å². The van der Waals surface area contributed by atoms with Crippen molar-refractivity contribution >= 4 is 5.91 Å². The van der Waals surface area contributed by atoms with Crippen LogP contribution in [0.3, 0.4) is 0 Å². The molecular weight excluding hydrogens is 352 g/mol. The molecule has 0 aromatic carbocycles. The molecule has 0 bridgehead atoms. The second-order valence-electron chi connectivity index (χ2n) is 8.60. The zero-order chi connectivity index (χ0) is 19.9. The number of nitrogens with one attached hydrogen (secondary N) is 1. The second kappa shape index (κ2) is 10.4. The molecule has 1 heterocycles. The number of hydrogen-bond donors (Lipinski definition) is 1. The summed E-state index contributed by atoms with van der Waals surface area (Å²) >= 11 is 0. The first-order valence-electron chi connectivity index (χ1n) is 11.2. The molecule has 28 heavy (non-hydrogen) atoms. The summed E-state index contributed by atoms with van der Waals surface area (Å²) in [6.07, 6.45) is 10.7. The monoisotopic (exact) mass is 390 g/mol. The predicted octanol–water partition coefficient (Wildman–Crippen LogP) is 3.04. The summed E-state index contributed by atoms with van der Waals surface area (Å²) in [5, 5.41) is 8.51. The smallest absolute Gasteiger partial charge is 0.274 e. The predicted molar refractivity (Wildman–Crippen MR) is 112 cm³/mol. The minimum absolute atomic E-state index is 0.0376. The lowest BCUT2D eigenvalue weighted by atomic mass is 9.88. The Morgan fingerprint density at radius 3 is 2.75 bits per heavy atom. The van der Waals surface area contributed by atoms with Gasteiger partial charge in [-0.2, -0.15) is 5.10 Å². The molecule has 0 spiro atoms. The van der Waals surface area contributed by atoms with E-state index in [2.05, 4.69) is 10.00 Å². The summed E-state index contributed by atoms with van der Waals surface area (Å²) in [4.78, 5) is 14.4. The van der Waals surface area contributed by atoms with Crippen molar-refractivity contribution < 1.29 is 9.53 Å². The first-order valence-corrected chi connectivity index (χ1v) is 11.2. The van der Waals surface area contributed by atoms with Gasteiger partial charge in [-0.05, 0) is 57.9 Å². The number of amides is 1. The third-order valence-corrected chi connectivity index (χ3v) is 6.21. The molecule has 0 saturated heterocycles. The molecule has 1 N–H and O–H groups in total.